The molecule has 1 aromatic carbocycles. The van der Waals surface area contributed by atoms with Gasteiger partial charge in [0.2, 0.25) is 0 Å². The van der Waals surface area contributed by atoms with Crippen LogP contribution in [0, 0.1) is 5.92 Å². The van der Waals surface area contributed by atoms with Crippen LogP contribution in [-0.4, -0.2) is 6.04 Å². The zero-order chi connectivity index (χ0) is 12.4. The molecule has 2 rings (SSSR count). The molecule has 3 heteroatoms. The fourth-order valence-corrected chi connectivity index (χ4v) is 3.25. The molecule has 1 saturated carbocycles. The van der Waals surface area contributed by atoms with Gasteiger partial charge in [-0.1, -0.05) is 40.0 Å². The van der Waals surface area contributed by atoms with Gasteiger partial charge >= 0.3 is 0 Å². The molecule has 1 fully saturated rings. The molecule has 0 saturated heterocycles. The van der Waals surface area contributed by atoms with Crippen LogP contribution in [0.4, 0.5) is 0 Å². The molecule has 94 valence electrons. The molecule has 0 radical (unpaired) electrons. The topological polar surface area (TPSA) is 12.0 Å². The molecule has 2 atom stereocenters. The van der Waals surface area contributed by atoms with Crippen molar-refractivity contribution in [2.45, 2.75) is 45.2 Å². The van der Waals surface area contributed by atoms with Gasteiger partial charge in [0, 0.05) is 21.6 Å². The SMILES string of the molecule is CC(NC(C)C1CCC1)c1ccc(Br)cc1Cl. The minimum Gasteiger partial charge on any atom is -0.307 e. The number of hydrogen-bond acceptors (Lipinski definition) is 1. The van der Waals surface area contributed by atoms with E-state index in [9.17, 15) is 0 Å². The largest absolute Gasteiger partial charge is 0.307 e. The maximum atomic E-state index is 6.27. The van der Waals surface area contributed by atoms with Crippen molar-refractivity contribution in [1.29, 1.82) is 0 Å². The second kappa shape index (κ2) is 5.73. The van der Waals surface area contributed by atoms with Gasteiger partial charge in [0.15, 0.2) is 0 Å². The van der Waals surface area contributed by atoms with Gasteiger partial charge in [-0.05, 0) is 50.3 Å². The Morgan fingerprint density at radius 2 is 2.06 bits per heavy atom. The fourth-order valence-electron chi connectivity index (χ4n) is 2.41. The van der Waals surface area contributed by atoms with Gasteiger partial charge in [0.05, 0.1) is 0 Å². The minimum absolute atomic E-state index is 0.311. The standard InChI is InChI=1S/C14H19BrClN/c1-9(11-4-3-5-11)17-10(2)13-7-6-12(15)8-14(13)16/h6-11,17H,3-5H2,1-2H3. The van der Waals surface area contributed by atoms with E-state index in [0.29, 0.717) is 12.1 Å². The van der Waals surface area contributed by atoms with Crippen molar-refractivity contribution in [3.8, 4) is 0 Å². The molecule has 0 spiro atoms. The molecular formula is C14H19BrClN. The lowest BCUT2D eigenvalue weighted by Gasteiger charge is -2.34. The van der Waals surface area contributed by atoms with Gasteiger partial charge in [-0.3, -0.25) is 0 Å². The first-order valence-corrected chi connectivity index (χ1v) is 7.46. The highest BCUT2D eigenvalue weighted by molar-refractivity contribution is 9.10. The van der Waals surface area contributed by atoms with Crippen LogP contribution in [0.25, 0.3) is 0 Å². The molecule has 1 nitrogen and oxygen atoms in total. The summed E-state index contributed by atoms with van der Waals surface area (Å²) >= 11 is 9.70. The van der Waals surface area contributed by atoms with E-state index in [4.69, 9.17) is 11.6 Å². The minimum atomic E-state index is 0.311. The summed E-state index contributed by atoms with van der Waals surface area (Å²) in [6.45, 7) is 4.47. The first-order valence-electron chi connectivity index (χ1n) is 6.29. The fraction of sp³-hybridized carbons (Fsp3) is 0.571. The lowest BCUT2D eigenvalue weighted by atomic mass is 9.80. The third-order valence-corrected chi connectivity index (χ3v) is 4.62. The summed E-state index contributed by atoms with van der Waals surface area (Å²) in [6, 6.07) is 7.00. The average molecular weight is 317 g/mol. The molecule has 0 amide bonds. The third-order valence-electron chi connectivity index (χ3n) is 3.80. The second-order valence-corrected chi connectivity index (χ2v) is 6.36. The predicted octanol–water partition coefficient (Wildman–Crippen LogP) is 4.94. The monoisotopic (exact) mass is 315 g/mol. The Kier molecular flexibility index (Phi) is 4.51. The molecule has 0 bridgehead atoms. The van der Waals surface area contributed by atoms with Crippen molar-refractivity contribution in [3.63, 3.8) is 0 Å². The molecule has 0 heterocycles. The number of nitrogens with one attached hydrogen (secondary N) is 1. The summed E-state index contributed by atoms with van der Waals surface area (Å²) in [4.78, 5) is 0. The van der Waals surface area contributed by atoms with E-state index in [1.807, 2.05) is 12.1 Å². The Morgan fingerprint density at radius 1 is 1.35 bits per heavy atom. The summed E-state index contributed by atoms with van der Waals surface area (Å²) in [5, 5.41) is 4.49. The summed E-state index contributed by atoms with van der Waals surface area (Å²) in [7, 11) is 0. The Balaban J connectivity index is 2.00. The van der Waals surface area contributed by atoms with Crippen LogP contribution in [0.1, 0.15) is 44.7 Å². The maximum Gasteiger partial charge on any atom is 0.0464 e. The average Bonchev–Trinajstić information content (AvgIpc) is 2.13. The quantitative estimate of drug-likeness (QED) is 0.829. The molecule has 1 aliphatic carbocycles. The summed E-state index contributed by atoms with van der Waals surface area (Å²) in [5.74, 6) is 0.853. The number of hydrogen-bond donors (Lipinski definition) is 1. The van der Waals surface area contributed by atoms with Crippen molar-refractivity contribution in [3.05, 3.63) is 33.3 Å². The highest BCUT2D eigenvalue weighted by Gasteiger charge is 2.25. The van der Waals surface area contributed by atoms with E-state index in [2.05, 4.69) is 41.2 Å². The van der Waals surface area contributed by atoms with E-state index in [1.165, 1.54) is 24.8 Å². The third kappa shape index (κ3) is 3.24. The van der Waals surface area contributed by atoms with E-state index < -0.39 is 0 Å². The van der Waals surface area contributed by atoms with Crippen LogP contribution < -0.4 is 5.32 Å². The molecule has 1 aromatic rings. The zero-order valence-electron chi connectivity index (χ0n) is 10.3. The van der Waals surface area contributed by atoms with Crippen LogP contribution in [0.3, 0.4) is 0 Å². The second-order valence-electron chi connectivity index (χ2n) is 5.03. The first-order chi connectivity index (χ1) is 8.08. The number of halogens is 2. The number of benzene rings is 1. The summed E-state index contributed by atoms with van der Waals surface area (Å²) in [5.41, 5.74) is 1.18. The normalized spacial score (nSPS) is 19.8. The van der Waals surface area contributed by atoms with Gasteiger partial charge in [0.1, 0.15) is 0 Å². The predicted molar refractivity (Wildman–Crippen MR) is 77.5 cm³/mol. The summed E-state index contributed by atoms with van der Waals surface area (Å²) in [6.07, 6.45) is 4.13. The van der Waals surface area contributed by atoms with E-state index >= 15 is 0 Å². The first kappa shape index (κ1) is 13.4. The Hall–Kier alpha value is -0.0500. The summed E-state index contributed by atoms with van der Waals surface area (Å²) < 4.78 is 1.03. The van der Waals surface area contributed by atoms with Crippen molar-refractivity contribution < 1.29 is 0 Å². The molecule has 1 aliphatic rings. The van der Waals surface area contributed by atoms with Gasteiger partial charge in [-0.15, -0.1) is 0 Å². The van der Waals surface area contributed by atoms with Crippen molar-refractivity contribution >= 4 is 27.5 Å². The molecule has 1 N–H and O–H groups in total. The van der Waals surface area contributed by atoms with Gasteiger partial charge < -0.3 is 5.32 Å². The lowest BCUT2D eigenvalue weighted by molar-refractivity contribution is 0.230. The molecule has 17 heavy (non-hydrogen) atoms. The highest BCUT2D eigenvalue weighted by Crippen LogP contribution is 2.32. The lowest BCUT2D eigenvalue weighted by Crippen LogP contribution is -2.38. The van der Waals surface area contributed by atoms with Gasteiger partial charge in [-0.2, -0.15) is 0 Å². The van der Waals surface area contributed by atoms with E-state index in [-0.39, 0.29) is 0 Å². The molecule has 0 aliphatic heterocycles. The smallest absolute Gasteiger partial charge is 0.0464 e. The van der Waals surface area contributed by atoms with Crippen LogP contribution in [0.15, 0.2) is 22.7 Å². The van der Waals surface area contributed by atoms with Crippen LogP contribution in [0.5, 0.6) is 0 Å². The zero-order valence-corrected chi connectivity index (χ0v) is 12.7. The highest BCUT2D eigenvalue weighted by atomic mass is 79.9. The van der Waals surface area contributed by atoms with E-state index in [1.54, 1.807) is 0 Å². The molecule has 2 unspecified atom stereocenters. The van der Waals surface area contributed by atoms with E-state index in [0.717, 1.165) is 15.4 Å². The Labute approximate surface area is 117 Å². The number of rotatable bonds is 4. The van der Waals surface area contributed by atoms with Crippen LogP contribution in [0.2, 0.25) is 5.02 Å². The van der Waals surface area contributed by atoms with Crippen molar-refractivity contribution in [2.75, 3.05) is 0 Å². The van der Waals surface area contributed by atoms with Gasteiger partial charge in [0.25, 0.3) is 0 Å². The Morgan fingerprint density at radius 3 is 2.59 bits per heavy atom. The van der Waals surface area contributed by atoms with Gasteiger partial charge in [-0.25, -0.2) is 0 Å². The van der Waals surface area contributed by atoms with Crippen LogP contribution >= 0.6 is 27.5 Å². The van der Waals surface area contributed by atoms with Crippen LogP contribution in [-0.2, 0) is 0 Å². The van der Waals surface area contributed by atoms with Crippen molar-refractivity contribution in [1.82, 2.24) is 5.32 Å². The maximum absolute atomic E-state index is 6.27. The molecular weight excluding hydrogens is 298 g/mol. The van der Waals surface area contributed by atoms with Crippen molar-refractivity contribution in [2.24, 2.45) is 5.92 Å². The molecule has 0 aromatic heterocycles. The Bertz CT molecular complexity index is 390.